The summed E-state index contributed by atoms with van der Waals surface area (Å²) in [6.07, 6.45) is -4.47. The van der Waals surface area contributed by atoms with Gasteiger partial charge in [-0.25, -0.2) is 13.4 Å². The highest BCUT2D eigenvalue weighted by molar-refractivity contribution is 7.91. The molecule has 0 fully saturated rings. The van der Waals surface area contributed by atoms with Gasteiger partial charge in [0.25, 0.3) is 0 Å². The Balaban J connectivity index is 1.66. The predicted octanol–water partition coefficient (Wildman–Crippen LogP) is 4.56. The van der Waals surface area contributed by atoms with E-state index in [4.69, 9.17) is 0 Å². The average Bonchev–Trinajstić information content (AvgIpc) is 2.68. The Morgan fingerprint density at radius 1 is 0.938 bits per heavy atom. The summed E-state index contributed by atoms with van der Waals surface area (Å²) in [7, 11) is -0.0661. The first-order valence-electron chi connectivity index (χ1n) is 9.48. The standard InChI is InChI=1S/C21H22F3N5O2S/c1-14-12-19(29(2)3)27-20(25-14)26-17-8-10-18(11-9-17)28-32(30,31)13-15-4-6-16(7-5-15)21(22,23)24/h4-12,28H,13H2,1-3H3,(H,25,26,27). The Kier molecular flexibility index (Phi) is 6.58. The molecule has 0 saturated carbocycles. The van der Waals surface area contributed by atoms with Crippen molar-refractivity contribution in [2.45, 2.75) is 18.9 Å². The van der Waals surface area contributed by atoms with Crippen molar-refractivity contribution < 1.29 is 21.6 Å². The lowest BCUT2D eigenvalue weighted by Gasteiger charge is -2.14. The van der Waals surface area contributed by atoms with Crippen molar-refractivity contribution in [3.63, 3.8) is 0 Å². The van der Waals surface area contributed by atoms with E-state index in [9.17, 15) is 21.6 Å². The van der Waals surface area contributed by atoms with E-state index in [1.54, 1.807) is 24.3 Å². The molecule has 7 nitrogen and oxygen atoms in total. The molecule has 2 N–H and O–H groups in total. The normalized spacial score (nSPS) is 11.8. The lowest BCUT2D eigenvalue weighted by molar-refractivity contribution is -0.137. The van der Waals surface area contributed by atoms with Gasteiger partial charge < -0.3 is 10.2 Å². The molecule has 0 aliphatic carbocycles. The minimum Gasteiger partial charge on any atom is -0.363 e. The van der Waals surface area contributed by atoms with Crippen LogP contribution in [0.3, 0.4) is 0 Å². The molecule has 0 aliphatic heterocycles. The molecule has 3 aromatic rings. The van der Waals surface area contributed by atoms with Crippen LogP contribution in [0.15, 0.2) is 54.6 Å². The molecule has 0 amide bonds. The van der Waals surface area contributed by atoms with Crippen molar-refractivity contribution in [2.75, 3.05) is 29.0 Å². The molecule has 0 spiro atoms. The lowest BCUT2D eigenvalue weighted by Crippen LogP contribution is -2.15. The molecular weight excluding hydrogens is 443 g/mol. The molecule has 1 heterocycles. The SMILES string of the molecule is Cc1cc(N(C)C)nc(Nc2ccc(NS(=O)(=O)Cc3ccc(C(F)(F)F)cc3)cc2)n1. The fourth-order valence-corrected chi connectivity index (χ4v) is 4.01. The van der Waals surface area contributed by atoms with Crippen LogP contribution in [-0.2, 0) is 22.0 Å². The molecule has 0 bridgehead atoms. The number of aryl methyl sites for hydroxylation is 1. The fourth-order valence-electron chi connectivity index (χ4n) is 2.81. The largest absolute Gasteiger partial charge is 0.416 e. The molecule has 11 heteroatoms. The highest BCUT2D eigenvalue weighted by Gasteiger charge is 2.30. The summed E-state index contributed by atoms with van der Waals surface area (Å²) in [6.45, 7) is 1.86. The summed E-state index contributed by atoms with van der Waals surface area (Å²) in [5, 5.41) is 3.07. The quantitative estimate of drug-likeness (QED) is 0.532. The van der Waals surface area contributed by atoms with Crippen LogP contribution in [0, 0.1) is 6.92 Å². The monoisotopic (exact) mass is 465 g/mol. The number of hydrogen-bond donors (Lipinski definition) is 2. The first-order valence-corrected chi connectivity index (χ1v) is 11.1. The van der Waals surface area contributed by atoms with Crippen LogP contribution in [-0.4, -0.2) is 32.5 Å². The Morgan fingerprint density at radius 3 is 2.09 bits per heavy atom. The molecule has 1 aromatic heterocycles. The van der Waals surface area contributed by atoms with Gasteiger partial charge >= 0.3 is 6.18 Å². The Hall–Kier alpha value is -3.34. The highest BCUT2D eigenvalue weighted by atomic mass is 32.2. The van der Waals surface area contributed by atoms with Crippen molar-refractivity contribution in [1.29, 1.82) is 0 Å². The zero-order valence-corrected chi connectivity index (χ0v) is 18.4. The Bertz CT molecular complexity index is 1180. The smallest absolute Gasteiger partial charge is 0.363 e. The molecule has 0 saturated heterocycles. The molecule has 0 atom stereocenters. The van der Waals surface area contributed by atoms with Gasteiger partial charge in [0, 0.05) is 37.2 Å². The van der Waals surface area contributed by atoms with Gasteiger partial charge in [0.1, 0.15) is 5.82 Å². The van der Waals surface area contributed by atoms with Gasteiger partial charge in [0.05, 0.1) is 11.3 Å². The molecule has 170 valence electrons. The summed E-state index contributed by atoms with van der Waals surface area (Å²) in [6, 6.07) is 12.3. The Labute approximate surface area is 184 Å². The number of rotatable bonds is 7. The summed E-state index contributed by atoms with van der Waals surface area (Å²) >= 11 is 0. The fraction of sp³-hybridized carbons (Fsp3) is 0.238. The van der Waals surface area contributed by atoms with Gasteiger partial charge in [0.2, 0.25) is 16.0 Å². The second-order valence-corrected chi connectivity index (χ2v) is 9.07. The van der Waals surface area contributed by atoms with Crippen molar-refractivity contribution in [2.24, 2.45) is 0 Å². The van der Waals surface area contributed by atoms with E-state index in [1.807, 2.05) is 32.0 Å². The summed E-state index contributed by atoms with van der Waals surface area (Å²) < 4.78 is 65.1. The number of nitrogens with zero attached hydrogens (tertiary/aromatic N) is 3. The van der Waals surface area contributed by atoms with Gasteiger partial charge in [-0.05, 0) is 48.9 Å². The molecule has 3 rings (SSSR count). The molecule has 0 aliphatic rings. The maximum atomic E-state index is 12.6. The Morgan fingerprint density at radius 2 is 1.53 bits per heavy atom. The van der Waals surface area contributed by atoms with Gasteiger partial charge in [-0.2, -0.15) is 18.2 Å². The molecule has 0 unspecified atom stereocenters. The van der Waals surface area contributed by atoms with Gasteiger partial charge in [-0.15, -0.1) is 0 Å². The van der Waals surface area contributed by atoms with Crippen LogP contribution in [0.25, 0.3) is 0 Å². The van der Waals surface area contributed by atoms with Gasteiger partial charge in [-0.1, -0.05) is 12.1 Å². The van der Waals surface area contributed by atoms with Crippen molar-refractivity contribution in [1.82, 2.24) is 9.97 Å². The van der Waals surface area contributed by atoms with Crippen LogP contribution >= 0.6 is 0 Å². The van der Waals surface area contributed by atoms with Crippen LogP contribution in [0.4, 0.5) is 36.3 Å². The van der Waals surface area contributed by atoms with Crippen molar-refractivity contribution in [3.05, 3.63) is 71.4 Å². The molecular formula is C21H22F3N5O2S. The number of hydrogen-bond acceptors (Lipinski definition) is 6. The van der Waals surface area contributed by atoms with E-state index in [0.717, 1.165) is 35.8 Å². The van der Waals surface area contributed by atoms with Gasteiger partial charge in [0.15, 0.2) is 0 Å². The summed E-state index contributed by atoms with van der Waals surface area (Å²) in [4.78, 5) is 10.6. The first kappa shape index (κ1) is 23.3. The minimum absolute atomic E-state index is 0.247. The van der Waals surface area contributed by atoms with Gasteiger partial charge in [-0.3, -0.25) is 4.72 Å². The maximum Gasteiger partial charge on any atom is 0.416 e. The number of anilines is 4. The third-order valence-electron chi connectivity index (χ3n) is 4.35. The second-order valence-electron chi connectivity index (χ2n) is 7.34. The average molecular weight is 466 g/mol. The van der Waals surface area contributed by atoms with Crippen LogP contribution in [0.1, 0.15) is 16.8 Å². The first-order chi connectivity index (χ1) is 14.9. The van der Waals surface area contributed by atoms with E-state index >= 15 is 0 Å². The van der Waals surface area contributed by atoms with Crippen LogP contribution in [0.5, 0.6) is 0 Å². The number of halogens is 3. The van der Waals surface area contributed by atoms with Crippen LogP contribution < -0.4 is 14.9 Å². The topological polar surface area (TPSA) is 87.2 Å². The van der Waals surface area contributed by atoms with E-state index in [2.05, 4.69) is 20.0 Å². The van der Waals surface area contributed by atoms with Crippen LogP contribution in [0.2, 0.25) is 0 Å². The number of aromatic nitrogens is 2. The number of alkyl halides is 3. The highest BCUT2D eigenvalue weighted by Crippen LogP contribution is 2.29. The third-order valence-corrected chi connectivity index (χ3v) is 5.61. The van der Waals surface area contributed by atoms with Crippen molar-refractivity contribution >= 4 is 33.2 Å². The maximum absolute atomic E-state index is 12.6. The summed E-state index contributed by atoms with van der Waals surface area (Å²) in [5.74, 6) is 0.701. The molecule has 32 heavy (non-hydrogen) atoms. The zero-order valence-electron chi connectivity index (χ0n) is 17.6. The number of nitrogens with one attached hydrogen (secondary N) is 2. The predicted molar refractivity (Wildman–Crippen MR) is 119 cm³/mol. The third kappa shape index (κ3) is 6.33. The van der Waals surface area contributed by atoms with E-state index in [1.165, 1.54) is 0 Å². The van der Waals surface area contributed by atoms with E-state index in [0.29, 0.717) is 17.3 Å². The number of sulfonamides is 1. The lowest BCUT2D eigenvalue weighted by atomic mass is 10.1. The minimum atomic E-state index is -4.47. The molecule has 0 radical (unpaired) electrons. The van der Waals surface area contributed by atoms with Crippen molar-refractivity contribution in [3.8, 4) is 0 Å². The van der Waals surface area contributed by atoms with E-state index < -0.39 is 27.5 Å². The summed E-state index contributed by atoms with van der Waals surface area (Å²) in [5.41, 5.74) is 1.19. The number of benzene rings is 2. The molecule has 2 aromatic carbocycles. The second kappa shape index (κ2) is 9.03. The van der Waals surface area contributed by atoms with E-state index in [-0.39, 0.29) is 5.56 Å². The zero-order chi connectivity index (χ0) is 23.5.